The van der Waals surface area contributed by atoms with E-state index in [1.54, 1.807) is 45.0 Å². The zero-order valence-corrected chi connectivity index (χ0v) is 24.6. The summed E-state index contributed by atoms with van der Waals surface area (Å²) in [7, 11) is 1.20. The number of esters is 1. The minimum atomic E-state index is -1.04. The molecule has 0 unspecified atom stereocenters. The first-order valence-electron chi connectivity index (χ1n) is 13.0. The Morgan fingerprint density at radius 2 is 1.57 bits per heavy atom. The molecule has 0 aliphatic rings. The second-order valence-corrected chi connectivity index (χ2v) is 11.2. The van der Waals surface area contributed by atoms with E-state index >= 15 is 0 Å². The lowest BCUT2D eigenvalue weighted by Crippen LogP contribution is -2.57. The highest BCUT2D eigenvalue weighted by Crippen LogP contribution is 2.10. The van der Waals surface area contributed by atoms with Crippen molar-refractivity contribution < 1.29 is 38.6 Å². The number of aliphatic hydroxyl groups excluding tert-OH is 1. The molecular weight excluding hydrogens is 540 g/mol. The van der Waals surface area contributed by atoms with Gasteiger partial charge in [0, 0.05) is 12.2 Å². The number of rotatable bonds is 16. The maximum Gasteiger partial charge on any atom is 0.408 e. The second kappa shape index (κ2) is 18.1. The highest BCUT2D eigenvalue weighted by molar-refractivity contribution is 7.99. The number of ether oxygens (including phenoxy) is 2. The van der Waals surface area contributed by atoms with Crippen LogP contribution in [-0.4, -0.2) is 90.4 Å². The Bertz CT molecular complexity index is 971. The van der Waals surface area contributed by atoms with Crippen molar-refractivity contribution in [1.82, 2.24) is 21.3 Å². The maximum absolute atomic E-state index is 13.4. The fourth-order valence-electron chi connectivity index (χ4n) is 3.36. The van der Waals surface area contributed by atoms with E-state index in [2.05, 4.69) is 26.0 Å². The van der Waals surface area contributed by atoms with Crippen LogP contribution in [0.1, 0.15) is 46.1 Å². The molecule has 0 aliphatic carbocycles. The van der Waals surface area contributed by atoms with Crippen molar-refractivity contribution >= 4 is 41.5 Å². The number of nitrogens with one attached hydrogen (secondary N) is 4. The standard InChI is InChI=1S/C27H42N4O8S/c1-18(29-26(37)39-27(2,3)4)23(34)30-20(12-9-14-40-15-13-32)25(36)31-21(16-19-10-7-6-8-11-19)24(35)28-17-22(33)38-5/h6-8,10-11,18,20-21,32H,9,12-17H2,1-5H3,(H,28,35)(H,29,37)(H,30,34)(H,31,36)/t18-,20-,21-/m0/s1. The summed E-state index contributed by atoms with van der Waals surface area (Å²) in [5.74, 6) is -1.26. The molecule has 1 rings (SSSR count). The van der Waals surface area contributed by atoms with Crippen molar-refractivity contribution in [3.63, 3.8) is 0 Å². The molecule has 0 fully saturated rings. The Hall–Kier alpha value is -3.32. The quantitative estimate of drug-likeness (QED) is 0.140. The lowest BCUT2D eigenvalue weighted by molar-refractivity contribution is -0.141. The Kier molecular flexibility index (Phi) is 15.7. The van der Waals surface area contributed by atoms with Crippen molar-refractivity contribution in [2.45, 2.75) is 70.7 Å². The minimum absolute atomic E-state index is 0.0288. The van der Waals surface area contributed by atoms with Crippen molar-refractivity contribution in [2.75, 3.05) is 31.8 Å². The van der Waals surface area contributed by atoms with Gasteiger partial charge in [-0.3, -0.25) is 19.2 Å². The molecule has 0 aromatic heterocycles. The number of hydrogen-bond donors (Lipinski definition) is 5. The minimum Gasteiger partial charge on any atom is -0.468 e. The lowest BCUT2D eigenvalue weighted by atomic mass is 10.0. The normalized spacial score (nSPS) is 13.2. The van der Waals surface area contributed by atoms with E-state index in [0.29, 0.717) is 17.9 Å². The van der Waals surface area contributed by atoms with Gasteiger partial charge in [0.2, 0.25) is 17.7 Å². The van der Waals surface area contributed by atoms with E-state index in [-0.39, 0.29) is 26.0 Å². The number of hydrogen-bond acceptors (Lipinski definition) is 9. The van der Waals surface area contributed by atoms with Gasteiger partial charge >= 0.3 is 12.1 Å². The molecule has 0 saturated carbocycles. The van der Waals surface area contributed by atoms with Crippen LogP contribution >= 0.6 is 11.8 Å². The fourth-order valence-corrected chi connectivity index (χ4v) is 4.06. The zero-order chi connectivity index (χ0) is 30.1. The van der Waals surface area contributed by atoms with Gasteiger partial charge in [-0.25, -0.2) is 4.79 Å². The monoisotopic (exact) mass is 582 g/mol. The summed E-state index contributed by atoms with van der Waals surface area (Å²) in [6, 6.07) is 5.96. The molecule has 0 radical (unpaired) electrons. The number of thioether (sulfide) groups is 1. The molecule has 40 heavy (non-hydrogen) atoms. The number of carbonyl (C=O) groups excluding carboxylic acids is 5. The lowest BCUT2D eigenvalue weighted by Gasteiger charge is -2.25. The largest absolute Gasteiger partial charge is 0.468 e. The van der Waals surface area contributed by atoms with Crippen LogP contribution in [0, 0.1) is 0 Å². The molecular formula is C27H42N4O8S. The summed E-state index contributed by atoms with van der Waals surface area (Å²) in [4.78, 5) is 62.8. The molecule has 3 atom stereocenters. The summed E-state index contributed by atoms with van der Waals surface area (Å²) in [6.07, 6.45) is 0.149. The number of aliphatic hydroxyl groups is 1. The van der Waals surface area contributed by atoms with Gasteiger partial charge in [-0.15, -0.1) is 0 Å². The number of amides is 4. The molecule has 4 amide bonds. The zero-order valence-electron chi connectivity index (χ0n) is 23.8. The van der Waals surface area contributed by atoms with Gasteiger partial charge < -0.3 is 35.8 Å². The van der Waals surface area contributed by atoms with E-state index in [9.17, 15) is 24.0 Å². The van der Waals surface area contributed by atoms with Gasteiger partial charge in [-0.2, -0.15) is 11.8 Å². The predicted octanol–water partition coefficient (Wildman–Crippen LogP) is 0.907. The average Bonchev–Trinajstić information content (AvgIpc) is 2.89. The number of benzene rings is 1. The molecule has 1 aromatic carbocycles. The predicted molar refractivity (Wildman–Crippen MR) is 152 cm³/mol. The summed E-state index contributed by atoms with van der Waals surface area (Å²) in [6.45, 7) is 6.20. The van der Waals surface area contributed by atoms with Gasteiger partial charge in [-0.05, 0) is 51.9 Å². The third kappa shape index (κ3) is 14.7. The van der Waals surface area contributed by atoms with Gasteiger partial charge in [0.15, 0.2) is 0 Å². The molecule has 0 bridgehead atoms. The van der Waals surface area contributed by atoms with Gasteiger partial charge in [0.05, 0.1) is 13.7 Å². The Morgan fingerprint density at radius 1 is 0.925 bits per heavy atom. The number of alkyl carbamates (subject to hydrolysis) is 1. The molecule has 0 heterocycles. The van der Waals surface area contributed by atoms with Crippen LogP contribution in [0.15, 0.2) is 30.3 Å². The van der Waals surface area contributed by atoms with E-state index in [0.717, 1.165) is 5.56 Å². The van der Waals surface area contributed by atoms with Crippen LogP contribution in [0.2, 0.25) is 0 Å². The molecule has 13 heteroatoms. The average molecular weight is 583 g/mol. The third-order valence-corrected chi connectivity index (χ3v) is 6.38. The Balaban J connectivity index is 3.01. The summed E-state index contributed by atoms with van der Waals surface area (Å²) in [5.41, 5.74) is 0.0223. The topological polar surface area (TPSA) is 172 Å². The second-order valence-electron chi connectivity index (χ2n) is 9.95. The van der Waals surface area contributed by atoms with E-state index < -0.39 is 53.5 Å². The highest BCUT2D eigenvalue weighted by Gasteiger charge is 2.29. The SMILES string of the molecule is COC(=O)CNC(=O)[C@H](Cc1ccccc1)NC(=O)[C@H](CCCSCCO)NC(=O)[C@H](C)NC(=O)OC(C)(C)C. The molecule has 0 spiro atoms. The van der Waals surface area contributed by atoms with Gasteiger partial charge in [0.25, 0.3) is 0 Å². The summed E-state index contributed by atoms with van der Waals surface area (Å²) in [5, 5.41) is 19.3. The smallest absolute Gasteiger partial charge is 0.408 e. The van der Waals surface area contributed by atoms with Crippen molar-refractivity contribution in [1.29, 1.82) is 0 Å². The summed E-state index contributed by atoms with van der Waals surface area (Å²) < 4.78 is 9.75. The number of carbonyl (C=O) groups is 5. The van der Waals surface area contributed by atoms with Crippen molar-refractivity contribution in [3.05, 3.63) is 35.9 Å². The molecule has 5 N–H and O–H groups in total. The molecule has 12 nitrogen and oxygen atoms in total. The highest BCUT2D eigenvalue weighted by atomic mass is 32.2. The number of methoxy groups -OCH3 is 1. The van der Waals surface area contributed by atoms with Crippen molar-refractivity contribution in [3.8, 4) is 0 Å². The first-order chi connectivity index (χ1) is 18.9. The molecule has 0 aliphatic heterocycles. The summed E-state index contributed by atoms with van der Waals surface area (Å²) >= 11 is 1.50. The van der Waals surface area contributed by atoms with Crippen LogP contribution in [-0.2, 0) is 35.1 Å². The van der Waals surface area contributed by atoms with E-state index in [1.165, 1.54) is 25.8 Å². The van der Waals surface area contributed by atoms with E-state index in [1.807, 2.05) is 6.07 Å². The van der Waals surface area contributed by atoms with Crippen LogP contribution in [0.25, 0.3) is 0 Å². The van der Waals surface area contributed by atoms with Gasteiger partial charge in [0.1, 0.15) is 30.3 Å². The fraction of sp³-hybridized carbons (Fsp3) is 0.593. The molecule has 1 aromatic rings. The van der Waals surface area contributed by atoms with Crippen LogP contribution < -0.4 is 21.3 Å². The maximum atomic E-state index is 13.4. The third-order valence-electron chi connectivity index (χ3n) is 5.33. The Labute approximate surface area is 239 Å². The Morgan fingerprint density at radius 3 is 2.17 bits per heavy atom. The van der Waals surface area contributed by atoms with Crippen LogP contribution in [0.5, 0.6) is 0 Å². The molecule has 0 saturated heterocycles. The van der Waals surface area contributed by atoms with E-state index in [4.69, 9.17) is 9.84 Å². The first-order valence-corrected chi connectivity index (χ1v) is 14.2. The van der Waals surface area contributed by atoms with Gasteiger partial charge in [-0.1, -0.05) is 30.3 Å². The molecule has 224 valence electrons. The van der Waals surface area contributed by atoms with Crippen LogP contribution in [0.3, 0.4) is 0 Å². The van der Waals surface area contributed by atoms with Crippen molar-refractivity contribution in [2.24, 2.45) is 0 Å². The van der Waals surface area contributed by atoms with Crippen LogP contribution in [0.4, 0.5) is 4.79 Å². The first kappa shape index (κ1) is 34.7.